The van der Waals surface area contributed by atoms with Crippen LogP contribution in [0, 0.1) is 13.8 Å². The topological polar surface area (TPSA) is 42.0 Å². The first kappa shape index (κ1) is 13.9. The SMILES string of the molecule is CC(=O)NCCSc1cc(C)c2cccc(C)c2n1. The Hall–Kier alpha value is -1.55. The summed E-state index contributed by atoms with van der Waals surface area (Å²) in [5.74, 6) is 0.850. The molecule has 1 amide bonds. The monoisotopic (exact) mass is 274 g/mol. The van der Waals surface area contributed by atoms with Crippen LogP contribution in [0.3, 0.4) is 0 Å². The molecule has 0 spiro atoms. The molecule has 1 aromatic carbocycles. The number of hydrogen-bond donors (Lipinski definition) is 1. The van der Waals surface area contributed by atoms with Crippen LogP contribution < -0.4 is 5.32 Å². The highest BCUT2D eigenvalue weighted by molar-refractivity contribution is 7.99. The molecule has 0 aliphatic carbocycles. The van der Waals surface area contributed by atoms with Crippen molar-refractivity contribution < 1.29 is 4.79 Å². The van der Waals surface area contributed by atoms with Gasteiger partial charge in [-0.3, -0.25) is 4.79 Å². The molecule has 2 aromatic rings. The van der Waals surface area contributed by atoms with Crippen LogP contribution in [0.5, 0.6) is 0 Å². The molecule has 19 heavy (non-hydrogen) atoms. The van der Waals surface area contributed by atoms with Crippen molar-refractivity contribution >= 4 is 28.6 Å². The predicted molar refractivity (Wildman–Crippen MR) is 80.6 cm³/mol. The first-order valence-electron chi connectivity index (χ1n) is 6.32. The number of nitrogens with zero attached hydrogens (tertiary/aromatic N) is 1. The molecule has 2 rings (SSSR count). The number of fused-ring (bicyclic) bond motifs is 1. The van der Waals surface area contributed by atoms with Crippen molar-refractivity contribution in [3.8, 4) is 0 Å². The molecule has 4 heteroatoms. The molecule has 1 N–H and O–H groups in total. The second-order valence-electron chi connectivity index (χ2n) is 4.58. The Labute approximate surface area is 117 Å². The van der Waals surface area contributed by atoms with Crippen molar-refractivity contribution in [1.29, 1.82) is 0 Å². The summed E-state index contributed by atoms with van der Waals surface area (Å²) < 4.78 is 0. The Bertz CT molecular complexity index is 610. The lowest BCUT2D eigenvalue weighted by Crippen LogP contribution is -2.22. The molecular weight excluding hydrogens is 256 g/mol. The van der Waals surface area contributed by atoms with Gasteiger partial charge in [-0.05, 0) is 31.0 Å². The van der Waals surface area contributed by atoms with Crippen molar-refractivity contribution in [3.05, 3.63) is 35.4 Å². The molecule has 0 saturated heterocycles. The molecule has 1 heterocycles. The number of nitrogens with one attached hydrogen (secondary N) is 1. The van der Waals surface area contributed by atoms with Crippen LogP contribution in [0.4, 0.5) is 0 Å². The Morgan fingerprint density at radius 1 is 1.32 bits per heavy atom. The highest BCUT2D eigenvalue weighted by Crippen LogP contribution is 2.25. The summed E-state index contributed by atoms with van der Waals surface area (Å²) in [6.07, 6.45) is 0. The fourth-order valence-corrected chi connectivity index (χ4v) is 2.82. The van der Waals surface area contributed by atoms with Gasteiger partial charge in [0, 0.05) is 24.6 Å². The van der Waals surface area contributed by atoms with Gasteiger partial charge < -0.3 is 5.32 Å². The average molecular weight is 274 g/mol. The average Bonchev–Trinajstić information content (AvgIpc) is 2.36. The third kappa shape index (κ3) is 3.47. The molecule has 0 radical (unpaired) electrons. The number of pyridine rings is 1. The highest BCUT2D eigenvalue weighted by atomic mass is 32.2. The normalized spacial score (nSPS) is 10.7. The maximum atomic E-state index is 10.8. The zero-order valence-corrected chi connectivity index (χ0v) is 12.3. The van der Waals surface area contributed by atoms with Crippen molar-refractivity contribution in [1.82, 2.24) is 10.3 Å². The highest BCUT2D eigenvalue weighted by Gasteiger charge is 2.05. The summed E-state index contributed by atoms with van der Waals surface area (Å²) in [4.78, 5) is 15.5. The van der Waals surface area contributed by atoms with Gasteiger partial charge in [-0.1, -0.05) is 18.2 Å². The number of benzene rings is 1. The van der Waals surface area contributed by atoms with E-state index in [9.17, 15) is 4.79 Å². The van der Waals surface area contributed by atoms with Crippen molar-refractivity contribution in [3.63, 3.8) is 0 Å². The van der Waals surface area contributed by atoms with Gasteiger partial charge in [0.05, 0.1) is 10.5 Å². The molecular formula is C15H18N2OS. The van der Waals surface area contributed by atoms with Crippen LogP contribution in [-0.2, 0) is 4.79 Å². The molecule has 0 bridgehead atoms. The summed E-state index contributed by atoms with van der Waals surface area (Å²) in [6, 6.07) is 8.37. The van der Waals surface area contributed by atoms with E-state index in [1.54, 1.807) is 11.8 Å². The minimum atomic E-state index is 0.0131. The molecule has 0 saturated carbocycles. The number of hydrogen-bond acceptors (Lipinski definition) is 3. The summed E-state index contributed by atoms with van der Waals surface area (Å²) in [6.45, 7) is 6.40. The Balaban J connectivity index is 2.16. The van der Waals surface area contributed by atoms with Crippen LogP contribution in [0.15, 0.2) is 29.3 Å². The quantitative estimate of drug-likeness (QED) is 0.688. The van der Waals surface area contributed by atoms with Gasteiger partial charge in [0.25, 0.3) is 0 Å². The van der Waals surface area contributed by atoms with Gasteiger partial charge in [-0.2, -0.15) is 0 Å². The van der Waals surface area contributed by atoms with E-state index in [4.69, 9.17) is 4.98 Å². The molecule has 0 fully saturated rings. The second-order valence-corrected chi connectivity index (χ2v) is 5.70. The van der Waals surface area contributed by atoms with E-state index >= 15 is 0 Å². The van der Waals surface area contributed by atoms with E-state index in [0.29, 0.717) is 6.54 Å². The predicted octanol–water partition coefficient (Wildman–Crippen LogP) is 3.08. The van der Waals surface area contributed by atoms with Crippen molar-refractivity contribution in [2.24, 2.45) is 0 Å². The van der Waals surface area contributed by atoms with Crippen LogP contribution in [0.2, 0.25) is 0 Å². The van der Waals surface area contributed by atoms with Gasteiger partial charge in [-0.25, -0.2) is 4.98 Å². The standard InChI is InChI=1S/C15H18N2OS/c1-10-5-4-6-13-11(2)9-14(17-15(10)13)19-8-7-16-12(3)18/h4-6,9H,7-8H2,1-3H3,(H,16,18). The molecule has 100 valence electrons. The summed E-state index contributed by atoms with van der Waals surface area (Å²) in [7, 11) is 0. The molecule has 1 aromatic heterocycles. The molecule has 0 aliphatic rings. The second kappa shape index (κ2) is 6.06. The maximum absolute atomic E-state index is 10.8. The summed E-state index contributed by atoms with van der Waals surface area (Å²) in [5, 5.41) is 5.02. The number of aryl methyl sites for hydroxylation is 2. The zero-order chi connectivity index (χ0) is 13.8. The summed E-state index contributed by atoms with van der Waals surface area (Å²) in [5.41, 5.74) is 3.52. The van der Waals surface area contributed by atoms with Crippen LogP contribution in [-0.4, -0.2) is 23.2 Å². The van der Waals surface area contributed by atoms with Crippen molar-refractivity contribution in [2.75, 3.05) is 12.3 Å². The van der Waals surface area contributed by atoms with Gasteiger partial charge in [-0.15, -0.1) is 11.8 Å². The van der Waals surface area contributed by atoms with Crippen molar-refractivity contribution in [2.45, 2.75) is 25.8 Å². The minimum absolute atomic E-state index is 0.0131. The third-order valence-electron chi connectivity index (χ3n) is 2.95. The number of rotatable bonds is 4. The minimum Gasteiger partial charge on any atom is -0.356 e. The number of aromatic nitrogens is 1. The van der Waals surface area contributed by atoms with Gasteiger partial charge >= 0.3 is 0 Å². The lowest BCUT2D eigenvalue weighted by atomic mass is 10.1. The number of para-hydroxylation sites is 1. The zero-order valence-electron chi connectivity index (χ0n) is 11.5. The number of carbonyl (C=O) groups excluding carboxylic acids is 1. The lowest BCUT2D eigenvalue weighted by molar-refractivity contribution is -0.118. The van der Waals surface area contributed by atoms with E-state index in [0.717, 1.165) is 16.3 Å². The van der Waals surface area contributed by atoms with Gasteiger partial charge in [0.1, 0.15) is 0 Å². The fraction of sp³-hybridized carbons (Fsp3) is 0.333. The van der Waals surface area contributed by atoms with E-state index in [-0.39, 0.29) is 5.91 Å². The van der Waals surface area contributed by atoms with E-state index in [2.05, 4.69) is 43.4 Å². The maximum Gasteiger partial charge on any atom is 0.216 e. The molecule has 0 atom stereocenters. The van der Waals surface area contributed by atoms with Gasteiger partial charge in [0.2, 0.25) is 5.91 Å². The van der Waals surface area contributed by atoms with E-state index in [1.807, 2.05) is 0 Å². The Morgan fingerprint density at radius 3 is 2.84 bits per heavy atom. The molecule has 0 aliphatic heterocycles. The number of carbonyl (C=O) groups is 1. The van der Waals surface area contributed by atoms with E-state index < -0.39 is 0 Å². The fourth-order valence-electron chi connectivity index (χ4n) is 1.99. The first-order chi connectivity index (χ1) is 9.08. The van der Waals surface area contributed by atoms with E-state index in [1.165, 1.54) is 23.4 Å². The largest absolute Gasteiger partial charge is 0.356 e. The third-order valence-corrected chi connectivity index (χ3v) is 3.86. The lowest BCUT2D eigenvalue weighted by Gasteiger charge is -2.08. The van der Waals surface area contributed by atoms with Crippen LogP contribution >= 0.6 is 11.8 Å². The first-order valence-corrected chi connectivity index (χ1v) is 7.30. The molecule has 3 nitrogen and oxygen atoms in total. The number of amides is 1. The summed E-state index contributed by atoms with van der Waals surface area (Å²) >= 11 is 1.67. The van der Waals surface area contributed by atoms with Crippen LogP contribution in [0.25, 0.3) is 10.9 Å². The molecule has 0 unspecified atom stereocenters. The smallest absolute Gasteiger partial charge is 0.216 e. The Kier molecular flexibility index (Phi) is 4.43. The van der Waals surface area contributed by atoms with Gasteiger partial charge in [0.15, 0.2) is 0 Å². The Morgan fingerprint density at radius 2 is 2.11 bits per heavy atom. The number of thioether (sulfide) groups is 1. The van der Waals surface area contributed by atoms with Crippen LogP contribution in [0.1, 0.15) is 18.1 Å².